The van der Waals surface area contributed by atoms with Gasteiger partial charge in [0.05, 0.1) is 0 Å². The first-order chi connectivity index (χ1) is 11.8. The number of amides is 1. The van der Waals surface area contributed by atoms with Crippen LogP contribution in [0.3, 0.4) is 0 Å². The van der Waals surface area contributed by atoms with E-state index in [0.29, 0.717) is 12.2 Å². The molecule has 3 N–H and O–H groups in total. The lowest BCUT2D eigenvalue weighted by molar-refractivity contribution is 0.102. The lowest BCUT2D eigenvalue weighted by Crippen LogP contribution is -2.25. The summed E-state index contributed by atoms with van der Waals surface area (Å²) in [4.78, 5) is 12.6. The number of H-pyrrole nitrogens is 1. The van der Waals surface area contributed by atoms with Crippen molar-refractivity contribution in [1.82, 2.24) is 20.1 Å². The van der Waals surface area contributed by atoms with Crippen LogP contribution in [-0.4, -0.2) is 27.2 Å². The first kappa shape index (κ1) is 17.5. The van der Waals surface area contributed by atoms with Crippen LogP contribution in [0.1, 0.15) is 35.1 Å². The van der Waals surface area contributed by atoms with Gasteiger partial charge in [0.15, 0.2) is 5.69 Å². The summed E-state index contributed by atoms with van der Waals surface area (Å²) in [6, 6.07) is 8.10. The van der Waals surface area contributed by atoms with E-state index in [-0.39, 0.29) is 18.3 Å². The summed E-state index contributed by atoms with van der Waals surface area (Å²) < 4.78 is 2.23. The summed E-state index contributed by atoms with van der Waals surface area (Å²) in [5, 5.41) is 14.6. The van der Waals surface area contributed by atoms with E-state index >= 15 is 0 Å². The molecule has 2 aromatic heterocycles. The standard InChI is InChI=1S/C18H21N5O.ClH/c1-2-8-23-9-6-12-10-13(3-4-16(12)23)20-18(24)17-14-11-19-7-5-15(14)21-22-17;/h3-4,6,9-10,19H,2,5,7-8,11H2,1H3,(H,20,24)(H,21,22);1H. The van der Waals surface area contributed by atoms with Crippen molar-refractivity contribution in [2.45, 2.75) is 32.9 Å². The lowest BCUT2D eigenvalue weighted by Gasteiger charge is -2.13. The van der Waals surface area contributed by atoms with Gasteiger partial charge in [-0.3, -0.25) is 9.89 Å². The molecule has 6 nitrogen and oxygen atoms in total. The molecule has 1 amide bonds. The molecule has 0 atom stereocenters. The van der Waals surface area contributed by atoms with Crippen LogP contribution < -0.4 is 10.6 Å². The maximum atomic E-state index is 12.6. The second kappa shape index (κ2) is 7.29. The molecule has 4 rings (SSSR count). The number of aryl methyl sites for hydroxylation is 1. The van der Waals surface area contributed by atoms with Gasteiger partial charge in [0.2, 0.25) is 0 Å². The largest absolute Gasteiger partial charge is 0.347 e. The third-order valence-corrected chi connectivity index (χ3v) is 4.51. The van der Waals surface area contributed by atoms with Gasteiger partial charge in [-0.15, -0.1) is 12.4 Å². The first-order valence-corrected chi connectivity index (χ1v) is 8.43. The number of carbonyl (C=O) groups excluding carboxylic acids is 1. The molecule has 3 aromatic rings. The molecule has 0 unspecified atom stereocenters. The van der Waals surface area contributed by atoms with Crippen molar-refractivity contribution < 1.29 is 4.79 Å². The number of hydrogen-bond acceptors (Lipinski definition) is 3. The van der Waals surface area contributed by atoms with Crippen LogP contribution >= 0.6 is 12.4 Å². The molecular formula is C18H22ClN5O. The number of rotatable bonds is 4. The van der Waals surface area contributed by atoms with Crippen molar-refractivity contribution in [3.8, 4) is 0 Å². The summed E-state index contributed by atoms with van der Waals surface area (Å²) in [5.41, 5.74) is 4.51. The Kier molecular flexibility index (Phi) is 5.11. The normalized spacial score (nSPS) is 13.3. The van der Waals surface area contributed by atoms with Crippen molar-refractivity contribution in [3.05, 3.63) is 47.4 Å². The predicted octanol–water partition coefficient (Wildman–Crippen LogP) is 3.09. The Hall–Kier alpha value is -2.31. The molecule has 0 aliphatic carbocycles. The zero-order valence-electron chi connectivity index (χ0n) is 14.1. The van der Waals surface area contributed by atoms with Gasteiger partial charge in [0, 0.05) is 60.1 Å². The number of fused-ring (bicyclic) bond motifs is 2. The Labute approximate surface area is 152 Å². The maximum absolute atomic E-state index is 12.6. The van der Waals surface area contributed by atoms with Crippen molar-refractivity contribution in [2.75, 3.05) is 11.9 Å². The van der Waals surface area contributed by atoms with Crippen LogP contribution in [0, 0.1) is 0 Å². The highest BCUT2D eigenvalue weighted by molar-refractivity contribution is 6.05. The van der Waals surface area contributed by atoms with Crippen LogP contribution in [0.4, 0.5) is 5.69 Å². The molecule has 0 fully saturated rings. The van der Waals surface area contributed by atoms with Crippen molar-refractivity contribution in [1.29, 1.82) is 0 Å². The van der Waals surface area contributed by atoms with Gasteiger partial charge in [0.25, 0.3) is 5.91 Å². The highest BCUT2D eigenvalue weighted by atomic mass is 35.5. The second-order valence-corrected chi connectivity index (χ2v) is 6.19. The minimum absolute atomic E-state index is 0. The van der Waals surface area contributed by atoms with Gasteiger partial charge in [-0.1, -0.05) is 6.92 Å². The summed E-state index contributed by atoms with van der Waals surface area (Å²) in [6.07, 6.45) is 4.07. The third kappa shape index (κ3) is 3.27. The van der Waals surface area contributed by atoms with E-state index < -0.39 is 0 Å². The molecule has 3 heterocycles. The minimum atomic E-state index is -0.163. The number of nitrogens with one attached hydrogen (secondary N) is 3. The molecule has 7 heteroatoms. The molecule has 25 heavy (non-hydrogen) atoms. The van der Waals surface area contributed by atoms with Crippen LogP contribution in [0.2, 0.25) is 0 Å². The van der Waals surface area contributed by atoms with E-state index in [1.165, 1.54) is 5.52 Å². The first-order valence-electron chi connectivity index (χ1n) is 8.43. The second-order valence-electron chi connectivity index (χ2n) is 6.19. The fraction of sp³-hybridized carbons (Fsp3) is 0.333. The molecular weight excluding hydrogens is 338 g/mol. The average Bonchev–Trinajstić information content (AvgIpc) is 3.19. The summed E-state index contributed by atoms with van der Waals surface area (Å²) >= 11 is 0. The van der Waals surface area contributed by atoms with Gasteiger partial charge in [-0.2, -0.15) is 5.10 Å². The predicted molar refractivity (Wildman–Crippen MR) is 101 cm³/mol. The highest BCUT2D eigenvalue weighted by Crippen LogP contribution is 2.22. The van der Waals surface area contributed by atoms with E-state index in [0.717, 1.165) is 48.3 Å². The Bertz CT molecular complexity index is 898. The number of aromatic nitrogens is 3. The fourth-order valence-corrected chi connectivity index (χ4v) is 3.32. The van der Waals surface area contributed by atoms with Crippen LogP contribution in [0.25, 0.3) is 10.9 Å². The molecule has 0 saturated heterocycles. The van der Waals surface area contributed by atoms with Crippen LogP contribution in [0.5, 0.6) is 0 Å². The summed E-state index contributed by atoms with van der Waals surface area (Å²) in [6.45, 7) is 4.77. The molecule has 0 bridgehead atoms. The average molecular weight is 360 g/mol. The highest BCUT2D eigenvalue weighted by Gasteiger charge is 2.21. The molecule has 1 aliphatic heterocycles. The van der Waals surface area contributed by atoms with Crippen molar-refractivity contribution in [3.63, 3.8) is 0 Å². The van der Waals surface area contributed by atoms with E-state index in [4.69, 9.17) is 0 Å². The number of nitrogens with zero attached hydrogens (tertiary/aromatic N) is 2. The fourth-order valence-electron chi connectivity index (χ4n) is 3.32. The zero-order valence-corrected chi connectivity index (χ0v) is 14.9. The summed E-state index contributed by atoms with van der Waals surface area (Å²) in [7, 11) is 0. The zero-order chi connectivity index (χ0) is 16.5. The SMILES string of the molecule is CCCn1ccc2cc(NC(=O)c3n[nH]c4c3CNCC4)ccc21.Cl. The van der Waals surface area contributed by atoms with Gasteiger partial charge in [-0.25, -0.2) is 0 Å². The van der Waals surface area contributed by atoms with E-state index in [2.05, 4.69) is 50.7 Å². The van der Waals surface area contributed by atoms with E-state index in [1.807, 2.05) is 12.1 Å². The Morgan fingerprint density at radius 2 is 2.24 bits per heavy atom. The molecule has 0 radical (unpaired) electrons. The minimum Gasteiger partial charge on any atom is -0.347 e. The van der Waals surface area contributed by atoms with Crippen molar-refractivity contribution in [2.24, 2.45) is 0 Å². The Morgan fingerprint density at radius 3 is 3.08 bits per heavy atom. The summed E-state index contributed by atoms with van der Waals surface area (Å²) in [5.74, 6) is -0.163. The molecule has 0 spiro atoms. The Morgan fingerprint density at radius 1 is 1.36 bits per heavy atom. The van der Waals surface area contributed by atoms with Crippen LogP contribution in [-0.2, 0) is 19.5 Å². The number of halogens is 1. The van der Waals surface area contributed by atoms with Crippen molar-refractivity contribution >= 4 is 34.9 Å². The maximum Gasteiger partial charge on any atom is 0.276 e. The molecule has 1 aliphatic rings. The van der Waals surface area contributed by atoms with Gasteiger partial charge < -0.3 is 15.2 Å². The molecule has 1 aromatic carbocycles. The lowest BCUT2D eigenvalue weighted by atomic mass is 10.1. The number of benzene rings is 1. The number of anilines is 1. The monoisotopic (exact) mass is 359 g/mol. The number of aromatic amines is 1. The van der Waals surface area contributed by atoms with Gasteiger partial charge >= 0.3 is 0 Å². The Balaban J connectivity index is 0.00000182. The smallest absolute Gasteiger partial charge is 0.276 e. The number of hydrogen-bond donors (Lipinski definition) is 3. The molecule has 132 valence electrons. The van der Waals surface area contributed by atoms with Gasteiger partial charge in [-0.05, 0) is 30.7 Å². The topological polar surface area (TPSA) is 74.7 Å². The van der Waals surface area contributed by atoms with Crippen LogP contribution in [0.15, 0.2) is 30.5 Å². The van der Waals surface area contributed by atoms with E-state index in [1.54, 1.807) is 0 Å². The number of carbonyl (C=O) groups is 1. The quantitative estimate of drug-likeness (QED) is 0.670. The van der Waals surface area contributed by atoms with Gasteiger partial charge in [0.1, 0.15) is 0 Å². The van der Waals surface area contributed by atoms with E-state index in [9.17, 15) is 4.79 Å². The molecule has 0 saturated carbocycles. The third-order valence-electron chi connectivity index (χ3n) is 4.51.